The van der Waals surface area contributed by atoms with Crippen LogP contribution in [0.25, 0.3) is 0 Å². The third-order valence-corrected chi connectivity index (χ3v) is 5.43. The standard InChI is InChI=1S/C19H39N7O2/c1-5-20-19(22-14-17-15-23(2)7-8-24(17)3)26-11-9-25(10-12-26)16-18(27)21-6-13-28-4/h17H,5-16H2,1-4H3,(H,20,22)(H,21,27). The van der Waals surface area contributed by atoms with Crippen molar-refractivity contribution in [3.63, 3.8) is 0 Å². The number of amides is 1. The molecule has 1 amide bonds. The quantitative estimate of drug-likeness (QED) is 0.296. The molecule has 2 fully saturated rings. The highest BCUT2D eigenvalue weighted by Crippen LogP contribution is 2.07. The van der Waals surface area contributed by atoms with Gasteiger partial charge in [0.25, 0.3) is 0 Å². The number of ether oxygens (including phenoxy) is 1. The number of carbonyl (C=O) groups excluding carboxylic acids is 1. The zero-order chi connectivity index (χ0) is 20.4. The number of nitrogens with zero attached hydrogens (tertiary/aromatic N) is 5. The van der Waals surface area contributed by atoms with Gasteiger partial charge in [0.05, 0.1) is 19.7 Å². The van der Waals surface area contributed by atoms with E-state index in [1.165, 1.54) is 0 Å². The zero-order valence-corrected chi connectivity index (χ0v) is 18.1. The predicted octanol–water partition coefficient (Wildman–Crippen LogP) is -1.42. The van der Waals surface area contributed by atoms with E-state index in [4.69, 9.17) is 9.73 Å². The van der Waals surface area contributed by atoms with Gasteiger partial charge in [0.2, 0.25) is 5.91 Å². The molecular formula is C19H39N7O2. The minimum atomic E-state index is 0.0653. The summed E-state index contributed by atoms with van der Waals surface area (Å²) >= 11 is 0. The van der Waals surface area contributed by atoms with Crippen molar-refractivity contribution in [1.82, 2.24) is 30.2 Å². The number of rotatable bonds is 8. The smallest absolute Gasteiger partial charge is 0.234 e. The summed E-state index contributed by atoms with van der Waals surface area (Å²) in [5.41, 5.74) is 0. The first kappa shape index (κ1) is 22.9. The first-order valence-electron chi connectivity index (χ1n) is 10.4. The second-order valence-electron chi connectivity index (χ2n) is 7.70. The van der Waals surface area contributed by atoms with Crippen LogP contribution in [-0.4, -0.2) is 137 Å². The Morgan fingerprint density at radius 1 is 1.11 bits per heavy atom. The monoisotopic (exact) mass is 397 g/mol. The molecule has 0 radical (unpaired) electrons. The number of aliphatic imine (C=N–C) groups is 1. The number of guanidine groups is 1. The van der Waals surface area contributed by atoms with Gasteiger partial charge in [-0.25, -0.2) is 0 Å². The molecule has 162 valence electrons. The molecule has 1 atom stereocenters. The van der Waals surface area contributed by atoms with Gasteiger partial charge in [0, 0.05) is 72.1 Å². The van der Waals surface area contributed by atoms with E-state index >= 15 is 0 Å². The number of piperazine rings is 2. The first-order chi connectivity index (χ1) is 13.5. The average Bonchev–Trinajstić information content (AvgIpc) is 2.68. The number of hydrogen-bond acceptors (Lipinski definition) is 6. The first-order valence-corrected chi connectivity index (χ1v) is 10.4. The summed E-state index contributed by atoms with van der Waals surface area (Å²) < 4.78 is 4.96. The summed E-state index contributed by atoms with van der Waals surface area (Å²) in [6.07, 6.45) is 0. The van der Waals surface area contributed by atoms with Crippen molar-refractivity contribution in [2.45, 2.75) is 13.0 Å². The highest BCUT2D eigenvalue weighted by molar-refractivity contribution is 5.80. The lowest BCUT2D eigenvalue weighted by Gasteiger charge is -2.38. The molecule has 2 rings (SSSR count). The summed E-state index contributed by atoms with van der Waals surface area (Å²) in [6, 6.07) is 0.462. The normalized spacial score (nSPS) is 23.1. The zero-order valence-electron chi connectivity index (χ0n) is 18.1. The number of nitrogens with one attached hydrogen (secondary N) is 2. The van der Waals surface area contributed by atoms with Crippen molar-refractivity contribution in [2.24, 2.45) is 4.99 Å². The lowest BCUT2D eigenvalue weighted by molar-refractivity contribution is -0.122. The molecule has 0 aromatic rings. The van der Waals surface area contributed by atoms with Crippen LogP contribution in [0.2, 0.25) is 0 Å². The average molecular weight is 398 g/mol. The van der Waals surface area contributed by atoms with Gasteiger partial charge in [0.1, 0.15) is 0 Å². The van der Waals surface area contributed by atoms with E-state index < -0.39 is 0 Å². The van der Waals surface area contributed by atoms with Gasteiger partial charge < -0.3 is 25.2 Å². The number of hydrogen-bond donors (Lipinski definition) is 2. The molecule has 1 unspecified atom stereocenters. The van der Waals surface area contributed by atoms with E-state index in [9.17, 15) is 4.79 Å². The molecular weight excluding hydrogens is 358 g/mol. The van der Waals surface area contributed by atoms with Crippen LogP contribution in [0.5, 0.6) is 0 Å². The van der Waals surface area contributed by atoms with Crippen molar-refractivity contribution in [2.75, 3.05) is 99.8 Å². The molecule has 0 aromatic heterocycles. The maximum Gasteiger partial charge on any atom is 0.234 e. The minimum absolute atomic E-state index is 0.0653. The van der Waals surface area contributed by atoms with E-state index in [2.05, 4.69) is 51.3 Å². The van der Waals surface area contributed by atoms with Gasteiger partial charge in [-0.3, -0.25) is 19.6 Å². The summed E-state index contributed by atoms with van der Waals surface area (Å²) in [6.45, 7) is 12.1. The lowest BCUT2D eigenvalue weighted by atomic mass is 10.2. The number of methoxy groups -OCH3 is 1. The van der Waals surface area contributed by atoms with Crippen LogP contribution >= 0.6 is 0 Å². The maximum absolute atomic E-state index is 12.0. The van der Waals surface area contributed by atoms with Crippen LogP contribution < -0.4 is 10.6 Å². The van der Waals surface area contributed by atoms with Crippen molar-refractivity contribution in [3.8, 4) is 0 Å². The summed E-state index contributed by atoms with van der Waals surface area (Å²) in [5.74, 6) is 1.06. The predicted molar refractivity (Wildman–Crippen MR) is 113 cm³/mol. The molecule has 0 aliphatic carbocycles. The van der Waals surface area contributed by atoms with Crippen LogP contribution in [-0.2, 0) is 9.53 Å². The fraction of sp³-hybridized carbons (Fsp3) is 0.895. The topological polar surface area (TPSA) is 75.7 Å². The highest BCUT2D eigenvalue weighted by atomic mass is 16.5. The van der Waals surface area contributed by atoms with E-state index in [1.54, 1.807) is 7.11 Å². The fourth-order valence-electron chi connectivity index (χ4n) is 3.59. The molecule has 2 N–H and O–H groups in total. The SMILES string of the molecule is CCNC(=NCC1CN(C)CCN1C)N1CCN(CC(=O)NCCOC)CC1. The summed E-state index contributed by atoms with van der Waals surface area (Å²) in [4.78, 5) is 26.2. The Labute approximate surface area is 170 Å². The second-order valence-corrected chi connectivity index (χ2v) is 7.70. The minimum Gasteiger partial charge on any atom is -0.383 e. The summed E-state index contributed by atoms with van der Waals surface area (Å²) in [5, 5.41) is 6.33. The van der Waals surface area contributed by atoms with E-state index in [0.717, 1.165) is 64.9 Å². The van der Waals surface area contributed by atoms with Crippen LogP contribution in [0.15, 0.2) is 4.99 Å². The van der Waals surface area contributed by atoms with Crippen LogP contribution in [0, 0.1) is 0 Å². The Balaban J connectivity index is 1.80. The van der Waals surface area contributed by atoms with Crippen LogP contribution in [0.4, 0.5) is 0 Å². The van der Waals surface area contributed by atoms with Crippen molar-refractivity contribution in [1.29, 1.82) is 0 Å². The molecule has 0 bridgehead atoms. The molecule has 2 aliphatic rings. The third kappa shape index (κ3) is 7.54. The van der Waals surface area contributed by atoms with Crippen molar-refractivity contribution < 1.29 is 9.53 Å². The van der Waals surface area contributed by atoms with Gasteiger partial charge in [-0.1, -0.05) is 0 Å². The van der Waals surface area contributed by atoms with Gasteiger partial charge in [-0.05, 0) is 21.0 Å². The largest absolute Gasteiger partial charge is 0.383 e. The van der Waals surface area contributed by atoms with Gasteiger partial charge >= 0.3 is 0 Å². The third-order valence-electron chi connectivity index (χ3n) is 5.43. The van der Waals surface area contributed by atoms with E-state index in [-0.39, 0.29) is 5.91 Å². The van der Waals surface area contributed by atoms with Crippen molar-refractivity contribution >= 4 is 11.9 Å². The number of carbonyl (C=O) groups is 1. The molecule has 2 heterocycles. The Morgan fingerprint density at radius 2 is 1.86 bits per heavy atom. The van der Waals surface area contributed by atoms with Crippen LogP contribution in [0.1, 0.15) is 6.92 Å². The molecule has 0 saturated carbocycles. The molecule has 9 nitrogen and oxygen atoms in total. The van der Waals surface area contributed by atoms with Gasteiger partial charge in [-0.2, -0.15) is 0 Å². The molecule has 0 aromatic carbocycles. The Kier molecular flexibility index (Phi) is 9.97. The second kappa shape index (κ2) is 12.2. The van der Waals surface area contributed by atoms with E-state index in [1.807, 2.05) is 0 Å². The molecule has 9 heteroatoms. The Bertz CT molecular complexity index is 495. The Hall–Kier alpha value is -1.42. The lowest BCUT2D eigenvalue weighted by Crippen LogP contribution is -2.55. The van der Waals surface area contributed by atoms with Crippen molar-refractivity contribution in [3.05, 3.63) is 0 Å². The van der Waals surface area contributed by atoms with Gasteiger partial charge in [-0.15, -0.1) is 0 Å². The summed E-state index contributed by atoms with van der Waals surface area (Å²) in [7, 11) is 6.01. The van der Waals surface area contributed by atoms with E-state index in [0.29, 0.717) is 25.7 Å². The van der Waals surface area contributed by atoms with Crippen LogP contribution in [0.3, 0.4) is 0 Å². The molecule has 28 heavy (non-hydrogen) atoms. The Morgan fingerprint density at radius 3 is 2.54 bits per heavy atom. The fourth-order valence-corrected chi connectivity index (χ4v) is 3.59. The molecule has 2 saturated heterocycles. The maximum atomic E-state index is 12.0. The highest BCUT2D eigenvalue weighted by Gasteiger charge is 2.24. The molecule has 2 aliphatic heterocycles. The number of likely N-dealkylation sites (N-methyl/N-ethyl adjacent to an activating group) is 2. The molecule has 0 spiro atoms. The van der Waals surface area contributed by atoms with Gasteiger partial charge in [0.15, 0.2) is 5.96 Å².